The van der Waals surface area contributed by atoms with Crippen molar-refractivity contribution in [1.29, 1.82) is 0 Å². The van der Waals surface area contributed by atoms with Crippen LogP contribution in [0.1, 0.15) is 30.9 Å². The first-order valence-corrected chi connectivity index (χ1v) is 11.9. The Hall–Kier alpha value is -2.71. The first kappa shape index (κ1) is 27.9. The predicted octanol–water partition coefficient (Wildman–Crippen LogP) is 4.87. The molecule has 2 atom stereocenters. The van der Waals surface area contributed by atoms with E-state index >= 15 is 0 Å². The van der Waals surface area contributed by atoms with E-state index in [2.05, 4.69) is 4.18 Å². The van der Waals surface area contributed by atoms with Gasteiger partial charge in [-0.2, -0.15) is 34.8 Å². The zero-order valence-electron chi connectivity index (χ0n) is 18.4. The minimum atomic E-state index is -6.05. The van der Waals surface area contributed by atoms with Crippen LogP contribution in [-0.2, 0) is 20.5 Å². The van der Waals surface area contributed by atoms with E-state index in [1.807, 2.05) is 0 Å². The van der Waals surface area contributed by atoms with Gasteiger partial charge in [-0.05, 0) is 36.2 Å². The summed E-state index contributed by atoms with van der Waals surface area (Å²) in [4.78, 5) is 13.3. The lowest BCUT2D eigenvalue weighted by Gasteiger charge is -2.38. The van der Waals surface area contributed by atoms with Crippen molar-refractivity contribution in [3.63, 3.8) is 0 Å². The maximum atomic E-state index is 14.3. The lowest BCUT2D eigenvalue weighted by Crippen LogP contribution is -2.47. The fourth-order valence-corrected chi connectivity index (χ4v) is 4.54. The molecule has 1 amide bonds. The number of alkyl halides is 6. The van der Waals surface area contributed by atoms with Gasteiger partial charge in [0.05, 0.1) is 5.69 Å². The highest BCUT2D eigenvalue weighted by molar-refractivity contribution is 7.88. The van der Waals surface area contributed by atoms with Crippen molar-refractivity contribution in [2.45, 2.75) is 37.1 Å². The number of ether oxygens (including phenoxy) is 1. The molecule has 0 aromatic heterocycles. The van der Waals surface area contributed by atoms with Crippen molar-refractivity contribution < 1.29 is 53.6 Å². The van der Waals surface area contributed by atoms with Crippen molar-refractivity contribution in [1.82, 2.24) is 0 Å². The highest BCUT2D eigenvalue weighted by atomic mass is 35.5. The quantitative estimate of drug-likeness (QED) is 0.307. The fraction of sp³-hybridized carbons (Fsp3) is 0.381. The van der Waals surface area contributed by atoms with Crippen LogP contribution in [0.3, 0.4) is 0 Å². The second-order valence-electron chi connectivity index (χ2n) is 7.76. The van der Waals surface area contributed by atoms with Crippen molar-refractivity contribution in [3.05, 3.63) is 52.5 Å². The molecular weight excluding hydrogens is 544 g/mol. The van der Waals surface area contributed by atoms with E-state index < -0.39 is 55.6 Å². The standard InChI is InChI=1S/C21H18ClF6NO6S/c1-3-29-16-8-12(4-7-17(16)34-10-18(29)30)19(31,20(23,24)25)11(2)14-6-5-13(9-15(14)22)35-36(32,33)21(26,27)28/h4-9,11,31H,3,10H2,1-2H3. The van der Waals surface area contributed by atoms with Gasteiger partial charge in [0.2, 0.25) is 0 Å². The molecule has 1 aliphatic heterocycles. The summed E-state index contributed by atoms with van der Waals surface area (Å²) in [6, 6.07) is 5.18. The number of likely N-dealkylation sites (N-methyl/N-ethyl adjacent to an activating group) is 1. The fourth-order valence-electron chi connectivity index (χ4n) is 3.75. The molecule has 0 radical (unpaired) electrons. The number of fused-ring (bicyclic) bond motifs is 1. The number of amides is 1. The van der Waals surface area contributed by atoms with Gasteiger partial charge in [-0.25, -0.2) is 0 Å². The van der Waals surface area contributed by atoms with E-state index in [-0.39, 0.29) is 30.2 Å². The Morgan fingerprint density at radius 3 is 2.31 bits per heavy atom. The molecule has 1 N–H and O–H groups in total. The number of carbonyl (C=O) groups excluding carboxylic acids is 1. The molecule has 15 heteroatoms. The van der Waals surface area contributed by atoms with Crippen molar-refractivity contribution in [2.24, 2.45) is 0 Å². The second kappa shape index (κ2) is 9.30. The molecule has 0 saturated heterocycles. The Morgan fingerprint density at radius 1 is 1.14 bits per heavy atom. The number of rotatable bonds is 6. The Balaban J connectivity index is 2.07. The summed E-state index contributed by atoms with van der Waals surface area (Å²) in [5.74, 6) is -3.13. The van der Waals surface area contributed by atoms with E-state index in [9.17, 15) is 44.7 Å². The average molecular weight is 562 g/mol. The molecule has 2 aromatic rings. The van der Waals surface area contributed by atoms with Crippen LogP contribution in [0.25, 0.3) is 0 Å². The number of halogens is 7. The molecule has 0 saturated carbocycles. The molecule has 0 aliphatic carbocycles. The van der Waals surface area contributed by atoms with Crippen LogP contribution in [0.15, 0.2) is 36.4 Å². The summed E-state index contributed by atoms with van der Waals surface area (Å²) in [5, 5.41) is 10.5. The van der Waals surface area contributed by atoms with Crippen LogP contribution in [0.2, 0.25) is 5.02 Å². The third-order valence-electron chi connectivity index (χ3n) is 5.64. The zero-order chi connectivity index (χ0) is 27.3. The Morgan fingerprint density at radius 2 is 1.78 bits per heavy atom. The monoisotopic (exact) mass is 561 g/mol. The molecule has 36 heavy (non-hydrogen) atoms. The van der Waals surface area contributed by atoms with Crippen LogP contribution < -0.4 is 13.8 Å². The highest BCUT2D eigenvalue weighted by Gasteiger charge is 2.59. The molecule has 0 spiro atoms. The Kier molecular flexibility index (Phi) is 7.20. The van der Waals surface area contributed by atoms with Gasteiger partial charge in [-0.15, -0.1) is 0 Å². The summed E-state index contributed by atoms with van der Waals surface area (Å²) in [6.07, 6.45) is -5.30. The third-order valence-corrected chi connectivity index (χ3v) is 6.95. The average Bonchev–Trinajstić information content (AvgIpc) is 2.76. The molecule has 0 bridgehead atoms. The molecule has 3 rings (SSSR count). The van der Waals surface area contributed by atoms with Crippen LogP contribution >= 0.6 is 11.6 Å². The van der Waals surface area contributed by atoms with E-state index in [0.717, 1.165) is 25.1 Å². The van der Waals surface area contributed by atoms with Crippen molar-refractivity contribution in [2.75, 3.05) is 18.1 Å². The maximum Gasteiger partial charge on any atom is 0.534 e. The highest BCUT2D eigenvalue weighted by Crippen LogP contribution is 2.51. The number of hydrogen-bond acceptors (Lipinski definition) is 6. The molecule has 1 heterocycles. The summed E-state index contributed by atoms with van der Waals surface area (Å²) < 4.78 is 112. The maximum absolute atomic E-state index is 14.3. The summed E-state index contributed by atoms with van der Waals surface area (Å²) in [5.41, 5.74) is -10.4. The van der Waals surface area contributed by atoms with Gasteiger partial charge in [0, 0.05) is 23.6 Å². The van der Waals surface area contributed by atoms with E-state index in [4.69, 9.17) is 16.3 Å². The van der Waals surface area contributed by atoms with Gasteiger partial charge in [-0.3, -0.25) is 4.79 Å². The van der Waals surface area contributed by atoms with Crippen LogP contribution in [0, 0.1) is 0 Å². The molecule has 1 aliphatic rings. The topological polar surface area (TPSA) is 93.1 Å². The molecule has 7 nitrogen and oxygen atoms in total. The zero-order valence-corrected chi connectivity index (χ0v) is 20.0. The summed E-state index contributed by atoms with van der Waals surface area (Å²) >= 11 is 5.98. The Bertz CT molecular complexity index is 1280. The normalized spacial score (nSPS) is 17.2. The van der Waals surface area contributed by atoms with E-state index in [1.54, 1.807) is 6.92 Å². The predicted molar refractivity (Wildman–Crippen MR) is 115 cm³/mol. The van der Waals surface area contributed by atoms with Crippen molar-refractivity contribution >= 4 is 33.3 Å². The number of nitrogens with zero attached hydrogens (tertiary/aromatic N) is 1. The largest absolute Gasteiger partial charge is 0.534 e. The van der Waals surface area contributed by atoms with Crippen LogP contribution in [0.5, 0.6) is 11.5 Å². The first-order valence-electron chi connectivity index (χ1n) is 10.1. The first-order chi connectivity index (χ1) is 16.4. The smallest absolute Gasteiger partial charge is 0.482 e. The summed E-state index contributed by atoms with van der Waals surface area (Å²) in [6.45, 7) is 2.38. The molecule has 2 aromatic carbocycles. The number of benzene rings is 2. The number of hydrogen-bond donors (Lipinski definition) is 1. The SMILES string of the molecule is CCN1C(=O)COc2ccc(C(O)(C(C)c3ccc(OS(=O)(=O)C(F)(F)F)cc3Cl)C(F)(F)F)cc21. The number of carbonyl (C=O) groups is 1. The molecular formula is C21H18ClF6NO6S. The van der Waals surface area contributed by atoms with Gasteiger partial charge in [-0.1, -0.05) is 30.7 Å². The molecule has 198 valence electrons. The van der Waals surface area contributed by atoms with Gasteiger partial charge >= 0.3 is 21.8 Å². The minimum Gasteiger partial charge on any atom is -0.482 e. The summed E-state index contributed by atoms with van der Waals surface area (Å²) in [7, 11) is -6.05. The number of aliphatic hydroxyl groups is 1. The lowest BCUT2D eigenvalue weighted by atomic mass is 9.77. The van der Waals surface area contributed by atoms with Gasteiger partial charge in [0.15, 0.2) is 12.2 Å². The molecule has 0 fully saturated rings. The van der Waals surface area contributed by atoms with Gasteiger partial charge < -0.3 is 18.9 Å². The van der Waals surface area contributed by atoms with Crippen LogP contribution in [0.4, 0.5) is 32.0 Å². The van der Waals surface area contributed by atoms with Gasteiger partial charge in [0.1, 0.15) is 11.5 Å². The Labute approximate surface area is 206 Å². The van der Waals surface area contributed by atoms with Crippen LogP contribution in [-0.4, -0.2) is 44.3 Å². The van der Waals surface area contributed by atoms with Gasteiger partial charge in [0.25, 0.3) is 5.91 Å². The number of anilines is 1. The van der Waals surface area contributed by atoms with Crippen molar-refractivity contribution in [3.8, 4) is 11.5 Å². The second-order valence-corrected chi connectivity index (χ2v) is 9.71. The lowest BCUT2D eigenvalue weighted by molar-refractivity contribution is -0.274. The third kappa shape index (κ3) is 4.81. The van der Waals surface area contributed by atoms with E-state index in [1.165, 1.54) is 11.0 Å². The van der Waals surface area contributed by atoms with E-state index in [0.29, 0.717) is 12.1 Å². The minimum absolute atomic E-state index is 0.00771. The molecule has 2 unspecified atom stereocenters.